The summed E-state index contributed by atoms with van der Waals surface area (Å²) in [7, 11) is 3.21. The van der Waals surface area contributed by atoms with E-state index in [1.54, 1.807) is 26.4 Å². The largest absolute Gasteiger partial charge is 0.493 e. The van der Waals surface area contributed by atoms with Crippen LogP contribution in [0.5, 0.6) is 11.5 Å². The number of hydrogen-bond acceptors (Lipinski definition) is 4. The number of aliphatic imine (C=N–C) groups is 1. The van der Waals surface area contributed by atoms with Gasteiger partial charge in [0.25, 0.3) is 0 Å². The molecule has 6 nitrogen and oxygen atoms in total. The molecule has 154 valence electrons. The summed E-state index contributed by atoms with van der Waals surface area (Å²) in [4.78, 5) is 4.56. The molecule has 0 aliphatic heterocycles. The van der Waals surface area contributed by atoms with Gasteiger partial charge in [-0.3, -0.25) is 0 Å². The lowest BCUT2D eigenvalue weighted by atomic mass is 10.1. The predicted molar refractivity (Wildman–Crippen MR) is 124 cm³/mol. The molecule has 0 aliphatic carbocycles. The molecule has 0 bridgehead atoms. The van der Waals surface area contributed by atoms with Gasteiger partial charge in [0.2, 0.25) is 0 Å². The van der Waals surface area contributed by atoms with Crippen LogP contribution in [0.25, 0.3) is 0 Å². The van der Waals surface area contributed by atoms with Crippen molar-refractivity contribution in [1.82, 2.24) is 10.6 Å². The summed E-state index contributed by atoms with van der Waals surface area (Å²) in [6, 6.07) is 12.8. The van der Waals surface area contributed by atoms with Crippen molar-refractivity contribution in [2.24, 2.45) is 4.99 Å². The molecular formula is C20H27ClIN3O3. The molecule has 0 aromatic heterocycles. The number of benzene rings is 2. The normalized spacial score (nSPS) is 12.0. The SMILES string of the molecule is CCNC(=NCc1ccc(OC)c(OC)c1)NCC(O)c1ccc(Cl)cc1.I. The van der Waals surface area contributed by atoms with E-state index in [4.69, 9.17) is 21.1 Å². The summed E-state index contributed by atoms with van der Waals surface area (Å²) >= 11 is 5.88. The lowest BCUT2D eigenvalue weighted by molar-refractivity contribution is 0.181. The summed E-state index contributed by atoms with van der Waals surface area (Å²) in [5, 5.41) is 17.3. The fourth-order valence-electron chi connectivity index (χ4n) is 2.49. The Morgan fingerprint density at radius 2 is 1.75 bits per heavy atom. The van der Waals surface area contributed by atoms with Gasteiger partial charge in [0, 0.05) is 18.1 Å². The zero-order valence-electron chi connectivity index (χ0n) is 16.2. The number of aliphatic hydroxyl groups excluding tert-OH is 1. The third-order valence-electron chi connectivity index (χ3n) is 3.93. The van der Waals surface area contributed by atoms with Crippen molar-refractivity contribution >= 4 is 41.5 Å². The van der Waals surface area contributed by atoms with E-state index in [1.165, 1.54) is 0 Å². The smallest absolute Gasteiger partial charge is 0.191 e. The van der Waals surface area contributed by atoms with Crippen LogP contribution < -0.4 is 20.1 Å². The second-order valence-electron chi connectivity index (χ2n) is 5.83. The first-order valence-corrected chi connectivity index (χ1v) is 9.11. The highest BCUT2D eigenvalue weighted by Crippen LogP contribution is 2.27. The molecule has 1 unspecified atom stereocenters. The average molecular weight is 520 g/mol. The van der Waals surface area contributed by atoms with Crippen molar-refractivity contribution < 1.29 is 14.6 Å². The summed E-state index contributed by atoms with van der Waals surface area (Å²) in [5.41, 5.74) is 1.78. The molecule has 2 rings (SSSR count). The van der Waals surface area contributed by atoms with Crippen LogP contribution in [0.2, 0.25) is 5.02 Å². The second kappa shape index (κ2) is 12.7. The molecule has 8 heteroatoms. The number of nitrogens with one attached hydrogen (secondary N) is 2. The van der Waals surface area contributed by atoms with Gasteiger partial charge in [-0.2, -0.15) is 0 Å². The number of rotatable bonds is 8. The van der Waals surface area contributed by atoms with Gasteiger partial charge in [0.15, 0.2) is 17.5 Å². The summed E-state index contributed by atoms with van der Waals surface area (Å²) in [5.74, 6) is 1.97. The van der Waals surface area contributed by atoms with E-state index < -0.39 is 6.10 Å². The highest BCUT2D eigenvalue weighted by molar-refractivity contribution is 14.0. The quantitative estimate of drug-likeness (QED) is 0.281. The van der Waals surface area contributed by atoms with Gasteiger partial charge in [-0.1, -0.05) is 29.8 Å². The molecule has 2 aromatic carbocycles. The zero-order chi connectivity index (χ0) is 19.6. The number of hydrogen-bond donors (Lipinski definition) is 3. The van der Waals surface area contributed by atoms with E-state index in [2.05, 4.69) is 15.6 Å². The molecule has 2 aromatic rings. The van der Waals surface area contributed by atoms with E-state index in [0.717, 1.165) is 17.7 Å². The van der Waals surface area contributed by atoms with E-state index in [9.17, 15) is 5.11 Å². The molecule has 3 N–H and O–H groups in total. The molecule has 28 heavy (non-hydrogen) atoms. The topological polar surface area (TPSA) is 75.1 Å². The fraction of sp³-hybridized carbons (Fsp3) is 0.350. The Morgan fingerprint density at radius 3 is 2.36 bits per heavy atom. The minimum Gasteiger partial charge on any atom is -0.493 e. The Bertz CT molecular complexity index is 757. The van der Waals surface area contributed by atoms with Gasteiger partial charge in [0.05, 0.1) is 26.9 Å². The maximum Gasteiger partial charge on any atom is 0.191 e. The maximum atomic E-state index is 10.3. The zero-order valence-corrected chi connectivity index (χ0v) is 19.3. The molecule has 0 heterocycles. The van der Waals surface area contributed by atoms with Crippen LogP contribution in [-0.4, -0.2) is 38.4 Å². The van der Waals surface area contributed by atoms with Crippen LogP contribution in [0.3, 0.4) is 0 Å². The number of aliphatic hydroxyl groups is 1. The van der Waals surface area contributed by atoms with Crippen LogP contribution in [0, 0.1) is 0 Å². The highest BCUT2D eigenvalue weighted by atomic mass is 127. The van der Waals surface area contributed by atoms with Gasteiger partial charge in [-0.25, -0.2) is 4.99 Å². The maximum absolute atomic E-state index is 10.3. The standard InChI is InChI=1S/C20H26ClN3O3.HI/c1-4-22-20(24-13-17(25)15-6-8-16(21)9-7-15)23-12-14-5-10-18(26-2)19(11-14)27-3;/h5-11,17,25H,4,12-13H2,1-3H3,(H2,22,23,24);1H. The molecule has 0 amide bonds. The molecule has 0 saturated heterocycles. The average Bonchev–Trinajstić information content (AvgIpc) is 2.70. The number of nitrogens with zero attached hydrogens (tertiary/aromatic N) is 1. The first-order chi connectivity index (χ1) is 13.1. The Kier molecular flexibility index (Phi) is 11.0. The lowest BCUT2D eigenvalue weighted by Gasteiger charge is -2.16. The summed E-state index contributed by atoms with van der Waals surface area (Å²) in [6.07, 6.45) is -0.660. The molecule has 0 saturated carbocycles. The van der Waals surface area contributed by atoms with Gasteiger partial charge < -0.3 is 25.2 Å². The van der Waals surface area contributed by atoms with Gasteiger partial charge in [-0.05, 0) is 42.3 Å². The highest BCUT2D eigenvalue weighted by Gasteiger charge is 2.09. The van der Waals surface area contributed by atoms with Crippen LogP contribution in [-0.2, 0) is 6.54 Å². The summed E-state index contributed by atoms with van der Waals surface area (Å²) < 4.78 is 10.6. The lowest BCUT2D eigenvalue weighted by Crippen LogP contribution is -2.39. The Morgan fingerprint density at radius 1 is 1.07 bits per heavy atom. The van der Waals surface area contributed by atoms with Crippen molar-refractivity contribution in [3.63, 3.8) is 0 Å². The van der Waals surface area contributed by atoms with Crippen LogP contribution in [0.4, 0.5) is 0 Å². The minimum absolute atomic E-state index is 0. The first-order valence-electron chi connectivity index (χ1n) is 8.74. The molecule has 0 radical (unpaired) electrons. The molecule has 0 fully saturated rings. The molecule has 0 aliphatic rings. The predicted octanol–water partition coefficient (Wildman–Crippen LogP) is 3.76. The third-order valence-corrected chi connectivity index (χ3v) is 4.18. The van der Waals surface area contributed by atoms with Crippen LogP contribution in [0.1, 0.15) is 24.2 Å². The van der Waals surface area contributed by atoms with Crippen molar-refractivity contribution in [1.29, 1.82) is 0 Å². The van der Waals surface area contributed by atoms with E-state index >= 15 is 0 Å². The van der Waals surface area contributed by atoms with E-state index in [-0.39, 0.29) is 24.0 Å². The number of guanidine groups is 1. The van der Waals surface area contributed by atoms with Crippen LogP contribution >= 0.6 is 35.6 Å². The molecule has 1 atom stereocenters. The molecule has 0 spiro atoms. The van der Waals surface area contributed by atoms with E-state index in [1.807, 2.05) is 37.3 Å². The fourth-order valence-corrected chi connectivity index (χ4v) is 2.61. The number of ether oxygens (including phenoxy) is 2. The van der Waals surface area contributed by atoms with Crippen molar-refractivity contribution in [3.05, 3.63) is 58.6 Å². The Labute approximate surface area is 188 Å². The summed E-state index contributed by atoms with van der Waals surface area (Å²) in [6.45, 7) is 3.50. The van der Waals surface area contributed by atoms with Gasteiger partial charge >= 0.3 is 0 Å². The van der Waals surface area contributed by atoms with Crippen molar-refractivity contribution in [2.45, 2.75) is 19.6 Å². The van der Waals surface area contributed by atoms with E-state index in [0.29, 0.717) is 35.6 Å². The van der Waals surface area contributed by atoms with Gasteiger partial charge in [-0.15, -0.1) is 24.0 Å². The molecular weight excluding hydrogens is 493 g/mol. The minimum atomic E-state index is -0.660. The van der Waals surface area contributed by atoms with Crippen molar-refractivity contribution in [2.75, 3.05) is 27.3 Å². The van der Waals surface area contributed by atoms with Crippen LogP contribution in [0.15, 0.2) is 47.5 Å². The number of halogens is 2. The monoisotopic (exact) mass is 519 g/mol. The first kappa shape index (κ1) is 24.3. The van der Waals surface area contributed by atoms with Gasteiger partial charge in [0.1, 0.15) is 0 Å². The second-order valence-corrected chi connectivity index (χ2v) is 6.27. The Balaban J connectivity index is 0.00000392. The van der Waals surface area contributed by atoms with Crippen molar-refractivity contribution in [3.8, 4) is 11.5 Å². The third kappa shape index (κ3) is 7.37. The number of methoxy groups -OCH3 is 2. The Hall–Kier alpha value is -1.71.